The fourth-order valence-corrected chi connectivity index (χ4v) is 3.09. The molecule has 1 aliphatic heterocycles. The number of aryl methyl sites for hydroxylation is 2. The van der Waals surface area contributed by atoms with Crippen molar-refractivity contribution in [2.45, 2.75) is 19.9 Å². The predicted molar refractivity (Wildman–Crippen MR) is 86.1 cm³/mol. The van der Waals surface area contributed by atoms with Gasteiger partial charge >= 0.3 is 0 Å². The van der Waals surface area contributed by atoms with Gasteiger partial charge in [0, 0.05) is 36.8 Å². The van der Waals surface area contributed by atoms with Crippen molar-refractivity contribution in [1.82, 2.24) is 24.8 Å². The van der Waals surface area contributed by atoms with Gasteiger partial charge in [0.05, 0.1) is 6.54 Å². The summed E-state index contributed by atoms with van der Waals surface area (Å²) in [5, 5.41) is 8.36. The van der Waals surface area contributed by atoms with Gasteiger partial charge in [-0.15, -0.1) is 0 Å². The van der Waals surface area contributed by atoms with E-state index in [4.69, 9.17) is 4.52 Å². The molecule has 7 heteroatoms. The number of carbonyl (C=O) groups is 1. The van der Waals surface area contributed by atoms with E-state index in [0.717, 1.165) is 17.7 Å². The maximum atomic E-state index is 12.7. The Kier molecular flexibility index (Phi) is 3.41. The Morgan fingerprint density at radius 2 is 2.04 bits per heavy atom. The maximum Gasteiger partial charge on any atom is 0.278 e. The van der Waals surface area contributed by atoms with Crippen molar-refractivity contribution < 1.29 is 9.32 Å². The summed E-state index contributed by atoms with van der Waals surface area (Å²) < 4.78 is 7.11. The zero-order valence-electron chi connectivity index (χ0n) is 13.6. The molecule has 0 spiro atoms. The van der Waals surface area contributed by atoms with Gasteiger partial charge < -0.3 is 9.42 Å². The number of benzene rings is 1. The third kappa shape index (κ3) is 2.38. The lowest BCUT2D eigenvalue weighted by atomic mass is 10.0. The summed E-state index contributed by atoms with van der Waals surface area (Å²) in [7, 11) is 1.90. The van der Waals surface area contributed by atoms with Crippen LogP contribution in [0.4, 0.5) is 0 Å². The minimum Gasteiger partial charge on any atom is -0.334 e. The van der Waals surface area contributed by atoms with E-state index < -0.39 is 0 Å². The van der Waals surface area contributed by atoms with Crippen molar-refractivity contribution >= 4 is 5.91 Å². The van der Waals surface area contributed by atoms with Crippen molar-refractivity contribution in [2.24, 2.45) is 7.05 Å². The molecule has 0 fully saturated rings. The molecule has 0 unspecified atom stereocenters. The third-order valence-electron chi connectivity index (χ3n) is 4.28. The summed E-state index contributed by atoms with van der Waals surface area (Å²) in [4.78, 5) is 18.8. The number of hydrogen-bond acceptors (Lipinski definition) is 5. The highest BCUT2D eigenvalue weighted by molar-refractivity contribution is 5.94. The summed E-state index contributed by atoms with van der Waals surface area (Å²) in [5.41, 5.74) is 3.45. The second-order valence-electron chi connectivity index (χ2n) is 5.89. The largest absolute Gasteiger partial charge is 0.334 e. The molecular formula is C17H17N5O2. The average molecular weight is 323 g/mol. The third-order valence-corrected chi connectivity index (χ3v) is 4.28. The van der Waals surface area contributed by atoms with E-state index in [1.54, 1.807) is 6.92 Å². The lowest BCUT2D eigenvalue weighted by molar-refractivity contribution is 0.0733. The maximum absolute atomic E-state index is 12.7. The van der Waals surface area contributed by atoms with E-state index in [-0.39, 0.29) is 5.91 Å². The van der Waals surface area contributed by atoms with Gasteiger partial charge in [0.2, 0.25) is 0 Å². The Morgan fingerprint density at radius 3 is 2.75 bits per heavy atom. The fraction of sp³-hybridized carbons (Fsp3) is 0.294. The molecule has 1 aliphatic rings. The molecule has 0 saturated carbocycles. The molecule has 2 aromatic heterocycles. The Labute approximate surface area is 138 Å². The highest BCUT2D eigenvalue weighted by Gasteiger charge is 2.29. The lowest BCUT2D eigenvalue weighted by Gasteiger charge is -2.27. The molecule has 122 valence electrons. The van der Waals surface area contributed by atoms with Gasteiger partial charge in [0.25, 0.3) is 11.8 Å². The standard InChI is InChI=1S/C17H17N5O2/c1-11-18-16(24-20-11)15-13-10-22(9-8-14(13)21(2)19-15)17(23)12-6-4-3-5-7-12/h3-7H,8-10H2,1-2H3. The smallest absolute Gasteiger partial charge is 0.278 e. The number of amides is 1. The molecule has 0 bridgehead atoms. The first-order valence-corrected chi connectivity index (χ1v) is 7.83. The number of aromatic nitrogens is 4. The van der Waals surface area contributed by atoms with Crippen molar-refractivity contribution in [3.63, 3.8) is 0 Å². The topological polar surface area (TPSA) is 77.0 Å². The number of hydrogen-bond donors (Lipinski definition) is 0. The van der Waals surface area contributed by atoms with Gasteiger partial charge in [0.15, 0.2) is 11.5 Å². The van der Waals surface area contributed by atoms with Crippen LogP contribution >= 0.6 is 0 Å². The van der Waals surface area contributed by atoms with Gasteiger partial charge in [-0.05, 0) is 19.1 Å². The van der Waals surface area contributed by atoms with Crippen LogP contribution in [0.3, 0.4) is 0 Å². The quantitative estimate of drug-likeness (QED) is 0.720. The first kappa shape index (κ1) is 14.6. The summed E-state index contributed by atoms with van der Waals surface area (Å²) in [6.07, 6.45) is 0.754. The molecule has 4 rings (SSSR count). The Hall–Kier alpha value is -2.96. The summed E-state index contributed by atoms with van der Waals surface area (Å²) >= 11 is 0. The van der Waals surface area contributed by atoms with Gasteiger partial charge in [0.1, 0.15) is 0 Å². The van der Waals surface area contributed by atoms with Gasteiger partial charge in [-0.3, -0.25) is 9.48 Å². The molecule has 0 radical (unpaired) electrons. The van der Waals surface area contributed by atoms with Crippen LogP contribution in [-0.2, 0) is 20.0 Å². The Morgan fingerprint density at radius 1 is 1.25 bits per heavy atom. The van der Waals surface area contributed by atoms with Crippen LogP contribution in [0.2, 0.25) is 0 Å². The molecule has 1 amide bonds. The summed E-state index contributed by atoms with van der Waals surface area (Å²) in [5.74, 6) is 0.994. The zero-order chi connectivity index (χ0) is 16.7. The predicted octanol–water partition coefficient (Wildman–Crippen LogP) is 1.98. The first-order chi connectivity index (χ1) is 11.6. The fourth-order valence-electron chi connectivity index (χ4n) is 3.09. The van der Waals surface area contributed by atoms with E-state index in [1.807, 2.05) is 47.0 Å². The highest BCUT2D eigenvalue weighted by atomic mass is 16.5. The number of rotatable bonds is 2. The van der Waals surface area contributed by atoms with Crippen LogP contribution in [-0.4, -0.2) is 37.3 Å². The van der Waals surface area contributed by atoms with Crippen LogP contribution in [0.5, 0.6) is 0 Å². The molecule has 24 heavy (non-hydrogen) atoms. The van der Waals surface area contributed by atoms with Crippen LogP contribution in [0.1, 0.15) is 27.4 Å². The van der Waals surface area contributed by atoms with Crippen molar-refractivity contribution in [3.8, 4) is 11.6 Å². The average Bonchev–Trinajstić information content (AvgIpc) is 3.18. The molecule has 0 saturated heterocycles. The molecule has 7 nitrogen and oxygen atoms in total. The first-order valence-electron chi connectivity index (χ1n) is 7.83. The van der Waals surface area contributed by atoms with Crippen LogP contribution < -0.4 is 0 Å². The Balaban J connectivity index is 1.68. The van der Waals surface area contributed by atoms with Crippen LogP contribution in [0.25, 0.3) is 11.6 Å². The molecule has 3 aromatic rings. The van der Waals surface area contributed by atoms with Crippen LogP contribution in [0.15, 0.2) is 34.9 Å². The van der Waals surface area contributed by atoms with Gasteiger partial charge in [-0.2, -0.15) is 10.1 Å². The second kappa shape index (κ2) is 5.59. The van der Waals surface area contributed by atoms with E-state index in [0.29, 0.717) is 36.1 Å². The van der Waals surface area contributed by atoms with Crippen LogP contribution in [0, 0.1) is 6.92 Å². The lowest BCUT2D eigenvalue weighted by Crippen LogP contribution is -2.36. The molecule has 0 atom stereocenters. The second-order valence-corrected chi connectivity index (χ2v) is 5.89. The van der Waals surface area contributed by atoms with E-state index in [2.05, 4.69) is 15.2 Å². The number of fused-ring (bicyclic) bond motifs is 1. The van der Waals surface area contributed by atoms with E-state index in [1.165, 1.54) is 0 Å². The van der Waals surface area contributed by atoms with E-state index >= 15 is 0 Å². The molecule has 0 N–H and O–H groups in total. The summed E-state index contributed by atoms with van der Waals surface area (Å²) in [6, 6.07) is 9.33. The highest BCUT2D eigenvalue weighted by Crippen LogP contribution is 2.29. The minimum atomic E-state index is 0.0257. The van der Waals surface area contributed by atoms with Crippen molar-refractivity contribution in [3.05, 3.63) is 53.0 Å². The van der Waals surface area contributed by atoms with Crippen molar-refractivity contribution in [1.29, 1.82) is 0 Å². The zero-order valence-corrected chi connectivity index (χ0v) is 13.6. The Bertz CT molecular complexity index is 897. The summed E-state index contributed by atoms with van der Waals surface area (Å²) in [6.45, 7) is 2.93. The van der Waals surface area contributed by atoms with E-state index in [9.17, 15) is 4.79 Å². The molecular weight excluding hydrogens is 306 g/mol. The SMILES string of the molecule is Cc1noc(-c2nn(C)c3c2CN(C(=O)c2ccccc2)CC3)n1. The molecule has 3 heterocycles. The minimum absolute atomic E-state index is 0.0257. The number of carbonyl (C=O) groups excluding carboxylic acids is 1. The monoisotopic (exact) mass is 323 g/mol. The van der Waals surface area contributed by atoms with Gasteiger partial charge in [-0.25, -0.2) is 0 Å². The normalized spacial score (nSPS) is 13.8. The molecule has 1 aromatic carbocycles. The number of nitrogens with zero attached hydrogens (tertiary/aromatic N) is 5. The van der Waals surface area contributed by atoms with Gasteiger partial charge in [-0.1, -0.05) is 23.4 Å². The van der Waals surface area contributed by atoms with Crippen molar-refractivity contribution in [2.75, 3.05) is 6.54 Å². The molecule has 0 aliphatic carbocycles.